The van der Waals surface area contributed by atoms with Crippen molar-refractivity contribution in [3.8, 4) is 28.6 Å². The monoisotopic (exact) mass is 489 g/mol. The summed E-state index contributed by atoms with van der Waals surface area (Å²) in [6.45, 7) is 3.26. The van der Waals surface area contributed by atoms with Crippen LogP contribution in [0.2, 0.25) is 0 Å². The summed E-state index contributed by atoms with van der Waals surface area (Å²) in [7, 11) is 2.99. The van der Waals surface area contributed by atoms with E-state index in [1.807, 2.05) is 13.8 Å². The molecular formula is C27H23NO8. The van der Waals surface area contributed by atoms with Crippen molar-refractivity contribution in [1.82, 2.24) is 0 Å². The van der Waals surface area contributed by atoms with Gasteiger partial charge in [0.1, 0.15) is 5.58 Å². The first-order chi connectivity index (χ1) is 17.2. The predicted molar refractivity (Wildman–Crippen MR) is 133 cm³/mol. The van der Waals surface area contributed by atoms with Crippen LogP contribution in [-0.4, -0.2) is 31.5 Å². The SMILES string of the molecule is COc1ccc(-c2oc3cc(C)c(C)cc3c(=O)c2OCC(=O)c2cccc([N+](=O)[O-])c2)cc1OC. The van der Waals surface area contributed by atoms with Crippen LogP contribution in [0, 0.1) is 24.0 Å². The molecule has 9 heteroatoms. The highest BCUT2D eigenvalue weighted by atomic mass is 16.6. The third kappa shape index (κ3) is 4.63. The van der Waals surface area contributed by atoms with Gasteiger partial charge in [-0.1, -0.05) is 12.1 Å². The largest absolute Gasteiger partial charge is 0.493 e. The van der Waals surface area contributed by atoms with E-state index in [4.69, 9.17) is 18.6 Å². The van der Waals surface area contributed by atoms with Gasteiger partial charge in [0.25, 0.3) is 5.69 Å². The molecule has 0 bridgehead atoms. The lowest BCUT2D eigenvalue weighted by Crippen LogP contribution is -2.17. The minimum absolute atomic E-state index is 0.0912. The molecule has 9 nitrogen and oxygen atoms in total. The molecular weight excluding hydrogens is 466 g/mol. The minimum atomic E-state index is -0.588. The number of methoxy groups -OCH3 is 2. The molecule has 3 aromatic carbocycles. The van der Waals surface area contributed by atoms with Gasteiger partial charge in [-0.25, -0.2) is 0 Å². The molecule has 0 spiro atoms. The third-order valence-corrected chi connectivity index (χ3v) is 5.84. The van der Waals surface area contributed by atoms with Crippen molar-refractivity contribution in [2.45, 2.75) is 13.8 Å². The van der Waals surface area contributed by atoms with Crippen molar-refractivity contribution in [2.24, 2.45) is 0 Å². The van der Waals surface area contributed by atoms with Crippen LogP contribution in [0.4, 0.5) is 5.69 Å². The maximum Gasteiger partial charge on any atom is 0.270 e. The quantitative estimate of drug-likeness (QED) is 0.187. The molecule has 0 saturated heterocycles. The zero-order valence-electron chi connectivity index (χ0n) is 20.1. The lowest BCUT2D eigenvalue weighted by atomic mass is 10.0. The molecule has 0 atom stereocenters. The summed E-state index contributed by atoms with van der Waals surface area (Å²) >= 11 is 0. The van der Waals surface area contributed by atoms with Gasteiger partial charge in [0.05, 0.1) is 24.5 Å². The number of carbonyl (C=O) groups is 1. The number of rotatable bonds is 8. The Balaban J connectivity index is 1.82. The highest BCUT2D eigenvalue weighted by Crippen LogP contribution is 2.37. The van der Waals surface area contributed by atoms with E-state index in [0.29, 0.717) is 28.0 Å². The first-order valence-electron chi connectivity index (χ1n) is 10.9. The third-order valence-electron chi connectivity index (χ3n) is 5.84. The fraction of sp³-hybridized carbons (Fsp3) is 0.185. The highest BCUT2D eigenvalue weighted by Gasteiger charge is 2.22. The zero-order chi connectivity index (χ0) is 26.0. The fourth-order valence-electron chi connectivity index (χ4n) is 3.75. The van der Waals surface area contributed by atoms with E-state index in [1.54, 1.807) is 30.3 Å². The topological polar surface area (TPSA) is 118 Å². The maximum atomic E-state index is 13.5. The molecule has 0 N–H and O–H groups in total. The number of non-ortho nitro benzene ring substituents is 1. The Morgan fingerprint density at radius 1 is 0.972 bits per heavy atom. The summed E-state index contributed by atoms with van der Waals surface area (Å²) in [5, 5.41) is 11.4. The highest BCUT2D eigenvalue weighted by molar-refractivity contribution is 5.98. The van der Waals surface area contributed by atoms with E-state index in [9.17, 15) is 19.7 Å². The number of hydrogen-bond acceptors (Lipinski definition) is 8. The van der Waals surface area contributed by atoms with E-state index >= 15 is 0 Å². The molecule has 1 aromatic heterocycles. The molecule has 0 unspecified atom stereocenters. The number of nitrogens with zero attached hydrogens (tertiary/aromatic N) is 1. The minimum Gasteiger partial charge on any atom is -0.493 e. The van der Waals surface area contributed by atoms with E-state index < -0.39 is 22.7 Å². The second-order valence-electron chi connectivity index (χ2n) is 8.11. The maximum absolute atomic E-state index is 13.5. The Labute approximate surface area is 206 Å². The van der Waals surface area contributed by atoms with Crippen molar-refractivity contribution < 1.29 is 28.3 Å². The lowest BCUT2D eigenvalue weighted by Gasteiger charge is -2.14. The number of fused-ring (bicyclic) bond motifs is 1. The number of nitro groups is 1. The average molecular weight is 489 g/mol. The molecule has 0 radical (unpaired) electrons. The van der Waals surface area contributed by atoms with Crippen LogP contribution in [0.3, 0.4) is 0 Å². The molecule has 184 valence electrons. The van der Waals surface area contributed by atoms with Crippen LogP contribution < -0.4 is 19.6 Å². The summed E-state index contributed by atoms with van der Waals surface area (Å²) in [6, 6.07) is 13.8. The predicted octanol–water partition coefficient (Wildman–Crippen LogP) is 5.26. The number of hydrogen-bond donors (Lipinski definition) is 0. The average Bonchev–Trinajstić information content (AvgIpc) is 2.88. The van der Waals surface area contributed by atoms with Crippen molar-refractivity contribution in [3.63, 3.8) is 0 Å². The molecule has 4 rings (SSSR count). The second kappa shape index (κ2) is 9.91. The molecule has 1 heterocycles. The Morgan fingerprint density at radius 3 is 2.39 bits per heavy atom. The summed E-state index contributed by atoms with van der Waals surface area (Å²) in [5.74, 6) is 0.326. The van der Waals surface area contributed by atoms with Gasteiger partial charge in [-0.05, 0) is 55.3 Å². The van der Waals surface area contributed by atoms with Crippen molar-refractivity contribution in [3.05, 3.63) is 91.6 Å². The normalized spacial score (nSPS) is 10.8. The number of nitro benzene ring substituents is 1. The van der Waals surface area contributed by atoms with Gasteiger partial charge in [0.2, 0.25) is 11.2 Å². The van der Waals surface area contributed by atoms with Crippen LogP contribution in [0.5, 0.6) is 17.2 Å². The number of ether oxygens (including phenoxy) is 3. The standard InChI is InChI=1S/C27H23NO8/c1-15-10-20-23(11-16(15)2)36-26(18-8-9-22(33-3)24(13-18)34-4)27(25(20)30)35-14-21(29)17-6-5-7-19(12-17)28(31)32/h5-13H,14H2,1-4H3. The zero-order valence-corrected chi connectivity index (χ0v) is 20.1. The number of aryl methyl sites for hydroxylation is 2. The second-order valence-corrected chi connectivity index (χ2v) is 8.11. The summed E-state index contributed by atoms with van der Waals surface area (Å²) in [5.41, 5.74) is 2.10. The number of ketones is 1. The Morgan fingerprint density at radius 2 is 1.69 bits per heavy atom. The Bertz CT molecular complexity index is 1550. The first-order valence-corrected chi connectivity index (χ1v) is 10.9. The van der Waals surface area contributed by atoms with E-state index in [1.165, 1.54) is 32.4 Å². The molecule has 0 saturated carbocycles. The van der Waals surface area contributed by atoms with Crippen molar-refractivity contribution >= 4 is 22.4 Å². The van der Waals surface area contributed by atoms with Crippen LogP contribution in [0.1, 0.15) is 21.5 Å². The van der Waals surface area contributed by atoms with Crippen LogP contribution in [0.15, 0.2) is 63.8 Å². The molecule has 0 aliphatic rings. The Kier molecular flexibility index (Phi) is 6.73. The van der Waals surface area contributed by atoms with E-state index in [-0.39, 0.29) is 22.8 Å². The van der Waals surface area contributed by atoms with E-state index in [0.717, 1.165) is 17.2 Å². The van der Waals surface area contributed by atoms with E-state index in [2.05, 4.69) is 0 Å². The number of Topliss-reactive ketones (excluding diaryl/α,β-unsaturated/α-hetero) is 1. The molecule has 4 aromatic rings. The molecule has 0 aliphatic heterocycles. The smallest absolute Gasteiger partial charge is 0.270 e. The summed E-state index contributed by atoms with van der Waals surface area (Å²) in [4.78, 5) is 36.8. The molecule has 0 fully saturated rings. The molecule has 36 heavy (non-hydrogen) atoms. The van der Waals surface area contributed by atoms with Crippen molar-refractivity contribution in [1.29, 1.82) is 0 Å². The molecule has 0 aliphatic carbocycles. The fourth-order valence-corrected chi connectivity index (χ4v) is 3.75. The number of benzene rings is 3. The summed E-state index contributed by atoms with van der Waals surface area (Å²) in [6.07, 6.45) is 0. The Hall–Kier alpha value is -4.66. The van der Waals surface area contributed by atoms with Gasteiger partial charge in [-0.15, -0.1) is 0 Å². The van der Waals surface area contributed by atoms with Gasteiger partial charge in [-0.2, -0.15) is 0 Å². The van der Waals surface area contributed by atoms with Crippen molar-refractivity contribution in [2.75, 3.05) is 20.8 Å². The van der Waals surface area contributed by atoms with Gasteiger partial charge in [-0.3, -0.25) is 19.7 Å². The van der Waals surface area contributed by atoms with Crippen LogP contribution >= 0.6 is 0 Å². The number of carbonyl (C=O) groups excluding carboxylic acids is 1. The van der Waals surface area contributed by atoms with Gasteiger partial charge >= 0.3 is 0 Å². The van der Waals surface area contributed by atoms with Crippen LogP contribution in [0.25, 0.3) is 22.3 Å². The summed E-state index contributed by atoms with van der Waals surface area (Å²) < 4.78 is 22.6. The van der Waals surface area contributed by atoms with Crippen LogP contribution in [-0.2, 0) is 0 Å². The lowest BCUT2D eigenvalue weighted by molar-refractivity contribution is -0.384. The van der Waals surface area contributed by atoms with Gasteiger partial charge < -0.3 is 18.6 Å². The first kappa shape index (κ1) is 24.5. The molecule has 0 amide bonds. The van der Waals surface area contributed by atoms with Gasteiger partial charge in [0, 0.05) is 23.3 Å². The van der Waals surface area contributed by atoms with Gasteiger partial charge in [0.15, 0.2) is 29.6 Å².